The molecule has 0 fully saturated rings. The third kappa shape index (κ3) is 3.01. The molecule has 0 radical (unpaired) electrons. The molecular weight excluding hydrogens is 144 g/mol. The van der Waals surface area contributed by atoms with Gasteiger partial charge in [-0.25, -0.2) is 0 Å². The van der Waals surface area contributed by atoms with Crippen LogP contribution in [0.15, 0.2) is 12.2 Å². The summed E-state index contributed by atoms with van der Waals surface area (Å²) < 4.78 is 0. The Morgan fingerprint density at radius 1 is 1.45 bits per heavy atom. The van der Waals surface area contributed by atoms with Crippen LogP contribution in [0.2, 0.25) is 0 Å². The molecule has 0 spiro atoms. The highest BCUT2D eigenvalue weighted by atomic mass is 16.3. The van der Waals surface area contributed by atoms with Crippen LogP contribution in [-0.2, 0) is 0 Å². The van der Waals surface area contributed by atoms with Crippen LogP contribution in [0.4, 0.5) is 0 Å². The van der Waals surface area contributed by atoms with Crippen molar-refractivity contribution in [3.8, 4) is 0 Å². The molecule has 3 nitrogen and oxygen atoms in total. The van der Waals surface area contributed by atoms with Crippen molar-refractivity contribution in [1.82, 2.24) is 0 Å². The summed E-state index contributed by atoms with van der Waals surface area (Å²) >= 11 is 0. The minimum atomic E-state index is -0.636. The third-order valence-electron chi connectivity index (χ3n) is 1.90. The van der Waals surface area contributed by atoms with E-state index in [1.807, 2.05) is 0 Å². The van der Waals surface area contributed by atoms with E-state index in [2.05, 4.69) is 0 Å². The summed E-state index contributed by atoms with van der Waals surface area (Å²) in [7, 11) is 0. The van der Waals surface area contributed by atoms with E-state index in [-0.39, 0.29) is 13.2 Å². The van der Waals surface area contributed by atoms with E-state index in [1.54, 1.807) is 19.9 Å². The number of hydrogen-bond donors (Lipinski definition) is 3. The predicted octanol–water partition coefficient (Wildman–Crippen LogP) is -0.0857. The third-order valence-corrected chi connectivity index (χ3v) is 1.90. The zero-order valence-corrected chi connectivity index (χ0v) is 6.99. The summed E-state index contributed by atoms with van der Waals surface area (Å²) in [6.45, 7) is 3.14. The molecule has 0 bridgehead atoms. The maximum Gasteiger partial charge on any atom is 0.0622 e. The maximum absolute atomic E-state index is 9.21. The van der Waals surface area contributed by atoms with Gasteiger partial charge in [0.15, 0.2) is 0 Å². The van der Waals surface area contributed by atoms with Gasteiger partial charge in [-0.1, -0.05) is 19.1 Å². The van der Waals surface area contributed by atoms with Gasteiger partial charge in [0.05, 0.1) is 19.3 Å². The first-order chi connectivity index (χ1) is 5.06. The Balaban J connectivity index is 4.21. The Bertz CT molecular complexity index is 131. The SMILES string of the molecule is CC(O)[C@](C)(/C=C/CO)CO. The highest BCUT2D eigenvalue weighted by molar-refractivity contribution is 4.99. The summed E-state index contributed by atoms with van der Waals surface area (Å²) in [5.74, 6) is 0. The van der Waals surface area contributed by atoms with Crippen LogP contribution < -0.4 is 0 Å². The Labute approximate surface area is 67.0 Å². The molecule has 0 heterocycles. The van der Waals surface area contributed by atoms with Crippen LogP contribution in [-0.4, -0.2) is 34.6 Å². The largest absolute Gasteiger partial charge is 0.395 e. The molecule has 3 heteroatoms. The average Bonchev–Trinajstić information content (AvgIpc) is 2.00. The molecule has 0 saturated carbocycles. The number of hydrogen-bond acceptors (Lipinski definition) is 3. The first-order valence-electron chi connectivity index (χ1n) is 3.64. The van der Waals surface area contributed by atoms with Gasteiger partial charge in [-0.05, 0) is 6.92 Å². The molecule has 11 heavy (non-hydrogen) atoms. The van der Waals surface area contributed by atoms with E-state index in [0.29, 0.717) is 0 Å². The van der Waals surface area contributed by atoms with Crippen LogP contribution in [0.5, 0.6) is 0 Å². The molecule has 66 valence electrons. The van der Waals surface area contributed by atoms with Crippen LogP contribution in [0.25, 0.3) is 0 Å². The highest BCUT2D eigenvalue weighted by Crippen LogP contribution is 2.21. The fourth-order valence-electron chi connectivity index (χ4n) is 0.646. The lowest BCUT2D eigenvalue weighted by atomic mass is 9.86. The Kier molecular flexibility index (Phi) is 4.33. The summed E-state index contributed by atoms with van der Waals surface area (Å²) in [5, 5.41) is 26.6. The molecular formula is C8H16O3. The van der Waals surface area contributed by atoms with Gasteiger partial charge in [-0.2, -0.15) is 0 Å². The van der Waals surface area contributed by atoms with Crippen molar-refractivity contribution in [2.24, 2.45) is 5.41 Å². The van der Waals surface area contributed by atoms with Crippen molar-refractivity contribution >= 4 is 0 Å². The molecule has 3 N–H and O–H groups in total. The molecule has 1 unspecified atom stereocenters. The summed E-state index contributed by atoms with van der Waals surface area (Å²) in [4.78, 5) is 0. The first-order valence-corrected chi connectivity index (χ1v) is 3.64. The summed E-state index contributed by atoms with van der Waals surface area (Å²) in [6.07, 6.45) is 2.52. The van der Waals surface area contributed by atoms with Crippen molar-refractivity contribution in [1.29, 1.82) is 0 Å². The Morgan fingerprint density at radius 2 is 2.00 bits per heavy atom. The summed E-state index contributed by atoms with van der Waals surface area (Å²) in [5.41, 5.74) is -0.636. The molecule has 0 rings (SSSR count). The van der Waals surface area contributed by atoms with Gasteiger partial charge in [0.25, 0.3) is 0 Å². The second-order valence-electron chi connectivity index (χ2n) is 2.92. The lowest BCUT2D eigenvalue weighted by Crippen LogP contribution is -2.31. The van der Waals surface area contributed by atoms with Gasteiger partial charge < -0.3 is 15.3 Å². The Hall–Kier alpha value is -0.380. The van der Waals surface area contributed by atoms with Gasteiger partial charge in [0.2, 0.25) is 0 Å². The molecule has 0 aromatic carbocycles. The smallest absolute Gasteiger partial charge is 0.0622 e. The van der Waals surface area contributed by atoms with E-state index >= 15 is 0 Å². The van der Waals surface area contributed by atoms with Gasteiger partial charge in [0, 0.05) is 5.41 Å². The van der Waals surface area contributed by atoms with Crippen molar-refractivity contribution in [2.45, 2.75) is 20.0 Å². The van der Waals surface area contributed by atoms with Crippen LogP contribution in [0, 0.1) is 5.41 Å². The van der Waals surface area contributed by atoms with Gasteiger partial charge in [-0.15, -0.1) is 0 Å². The molecule has 0 aliphatic heterocycles. The van der Waals surface area contributed by atoms with E-state index in [1.165, 1.54) is 6.08 Å². The molecule has 0 aliphatic carbocycles. The first kappa shape index (κ1) is 10.6. The van der Waals surface area contributed by atoms with Crippen LogP contribution >= 0.6 is 0 Å². The zero-order valence-electron chi connectivity index (χ0n) is 6.99. The lowest BCUT2D eigenvalue weighted by Gasteiger charge is -2.26. The van der Waals surface area contributed by atoms with Crippen molar-refractivity contribution in [3.63, 3.8) is 0 Å². The van der Waals surface area contributed by atoms with E-state index in [9.17, 15) is 5.11 Å². The molecule has 2 atom stereocenters. The van der Waals surface area contributed by atoms with E-state index in [0.717, 1.165) is 0 Å². The predicted molar refractivity (Wildman–Crippen MR) is 43.1 cm³/mol. The fourth-order valence-corrected chi connectivity index (χ4v) is 0.646. The number of rotatable bonds is 4. The number of aliphatic hydroxyl groups excluding tert-OH is 3. The Morgan fingerprint density at radius 3 is 2.27 bits per heavy atom. The monoisotopic (exact) mass is 160 g/mol. The quantitative estimate of drug-likeness (QED) is 0.504. The van der Waals surface area contributed by atoms with E-state index < -0.39 is 11.5 Å². The topological polar surface area (TPSA) is 60.7 Å². The van der Waals surface area contributed by atoms with Crippen molar-refractivity contribution < 1.29 is 15.3 Å². The minimum absolute atomic E-state index is 0.0672. The second kappa shape index (κ2) is 4.49. The average molecular weight is 160 g/mol. The molecule has 0 amide bonds. The molecule has 0 saturated heterocycles. The van der Waals surface area contributed by atoms with E-state index in [4.69, 9.17) is 10.2 Å². The van der Waals surface area contributed by atoms with Crippen molar-refractivity contribution in [2.75, 3.05) is 13.2 Å². The van der Waals surface area contributed by atoms with Crippen LogP contribution in [0.1, 0.15) is 13.8 Å². The lowest BCUT2D eigenvalue weighted by molar-refractivity contribution is 0.0404. The molecule has 0 aromatic heterocycles. The molecule has 0 aliphatic rings. The van der Waals surface area contributed by atoms with Gasteiger partial charge in [-0.3, -0.25) is 0 Å². The van der Waals surface area contributed by atoms with Crippen molar-refractivity contribution in [3.05, 3.63) is 12.2 Å². The van der Waals surface area contributed by atoms with Crippen LogP contribution in [0.3, 0.4) is 0 Å². The zero-order chi connectivity index (χ0) is 8.91. The fraction of sp³-hybridized carbons (Fsp3) is 0.750. The summed E-state index contributed by atoms with van der Waals surface area (Å²) in [6, 6.07) is 0. The standard InChI is InChI=1S/C8H16O3/c1-7(11)8(2,6-10)4-3-5-9/h3-4,7,9-11H,5-6H2,1-2H3/b4-3+/t7?,8-/m1/s1. The molecule has 0 aromatic rings. The normalized spacial score (nSPS) is 20.1. The highest BCUT2D eigenvalue weighted by Gasteiger charge is 2.25. The maximum atomic E-state index is 9.21. The second-order valence-corrected chi connectivity index (χ2v) is 2.92. The minimum Gasteiger partial charge on any atom is -0.395 e. The number of aliphatic hydroxyl groups is 3. The van der Waals surface area contributed by atoms with Gasteiger partial charge >= 0.3 is 0 Å². The van der Waals surface area contributed by atoms with Gasteiger partial charge in [0.1, 0.15) is 0 Å².